The number of amides is 1. The fourth-order valence-corrected chi connectivity index (χ4v) is 12.7. The number of unbranched alkanes of at least 4 members (excludes halogenated alkanes) is 32. The van der Waals surface area contributed by atoms with Crippen LogP contribution >= 0.6 is 0 Å². The number of aliphatic hydroxyl groups excluding tert-OH is 11. The van der Waals surface area contributed by atoms with Crippen molar-refractivity contribution in [2.24, 2.45) is 0 Å². The molecule has 3 fully saturated rings. The minimum absolute atomic E-state index is 0.230. The van der Waals surface area contributed by atoms with E-state index in [-0.39, 0.29) is 18.9 Å². The minimum atomic E-state index is -1.98. The lowest BCUT2D eigenvalue weighted by atomic mass is 9.96. The fraction of sp³-hybridized carbons (Fsp3) is 0.810. The van der Waals surface area contributed by atoms with Crippen molar-refractivity contribution in [1.82, 2.24) is 5.32 Å². The lowest BCUT2D eigenvalue weighted by Crippen LogP contribution is -2.66. The van der Waals surface area contributed by atoms with E-state index in [1.807, 2.05) is 6.08 Å². The van der Waals surface area contributed by atoms with Gasteiger partial charge >= 0.3 is 0 Å². The van der Waals surface area contributed by atoms with Crippen LogP contribution in [0.25, 0.3) is 0 Å². The van der Waals surface area contributed by atoms with Crippen molar-refractivity contribution in [3.8, 4) is 0 Å². The zero-order valence-electron chi connectivity index (χ0n) is 60.5. The molecule has 568 valence electrons. The van der Waals surface area contributed by atoms with Crippen molar-refractivity contribution in [3.05, 3.63) is 85.1 Å². The van der Waals surface area contributed by atoms with E-state index in [0.29, 0.717) is 12.8 Å². The van der Waals surface area contributed by atoms with Gasteiger partial charge in [0.15, 0.2) is 18.9 Å². The van der Waals surface area contributed by atoms with Gasteiger partial charge in [-0.05, 0) is 77.0 Å². The summed E-state index contributed by atoms with van der Waals surface area (Å²) >= 11 is 0. The van der Waals surface area contributed by atoms with Crippen LogP contribution in [0.4, 0.5) is 0 Å². The number of hydrogen-bond donors (Lipinski definition) is 12. The summed E-state index contributed by atoms with van der Waals surface area (Å²) in [7, 11) is 0. The lowest BCUT2D eigenvalue weighted by Gasteiger charge is -2.48. The van der Waals surface area contributed by atoms with E-state index in [0.717, 1.165) is 83.5 Å². The van der Waals surface area contributed by atoms with Crippen molar-refractivity contribution in [2.75, 3.05) is 26.4 Å². The Bertz CT molecular complexity index is 2100. The van der Waals surface area contributed by atoms with Gasteiger partial charge in [0.1, 0.15) is 73.2 Å². The van der Waals surface area contributed by atoms with Gasteiger partial charge in [-0.1, -0.05) is 279 Å². The third-order valence-corrected chi connectivity index (χ3v) is 18.9. The highest BCUT2D eigenvalue weighted by molar-refractivity contribution is 5.76. The molecule has 17 atom stereocenters. The van der Waals surface area contributed by atoms with Crippen molar-refractivity contribution in [3.63, 3.8) is 0 Å². The summed E-state index contributed by atoms with van der Waals surface area (Å²) in [6, 6.07) is -0.997. The molecule has 3 aliphatic heterocycles. The highest BCUT2D eigenvalue weighted by Gasteiger charge is 2.53. The van der Waals surface area contributed by atoms with Crippen molar-refractivity contribution >= 4 is 5.91 Å². The van der Waals surface area contributed by atoms with Gasteiger partial charge in [0, 0.05) is 6.42 Å². The van der Waals surface area contributed by atoms with Crippen LogP contribution in [0.3, 0.4) is 0 Å². The van der Waals surface area contributed by atoms with Gasteiger partial charge in [-0.15, -0.1) is 0 Å². The van der Waals surface area contributed by atoms with E-state index in [4.69, 9.17) is 28.4 Å². The van der Waals surface area contributed by atoms with Gasteiger partial charge in [0.2, 0.25) is 5.91 Å². The van der Waals surface area contributed by atoms with E-state index < -0.39 is 124 Å². The van der Waals surface area contributed by atoms with E-state index in [1.165, 1.54) is 161 Å². The number of allylic oxidation sites excluding steroid dienone is 13. The van der Waals surface area contributed by atoms with E-state index >= 15 is 0 Å². The van der Waals surface area contributed by atoms with Crippen LogP contribution in [0.2, 0.25) is 0 Å². The Labute approximate surface area is 590 Å². The topological polar surface area (TPSA) is 307 Å². The monoisotopic (exact) mass is 1390 g/mol. The predicted octanol–water partition coefficient (Wildman–Crippen LogP) is 12.2. The molecule has 1 amide bonds. The first kappa shape index (κ1) is 89.2. The SMILES string of the molecule is CC/C=C\C/C=C\C/C=C\C/C=C\C/C=C\CCCCCCCCCCCCCCCC(=O)NC(COC1OC(CO)C(OC2OC(CO)C(OC3OC(CO)C(O)C(O)C3O)C(O)C2O)C(O)C1O)C(O)/C=C/CC/C=C/CCCCCCCCCCCCCCCCCCCC. The molecule has 3 aliphatic rings. The van der Waals surface area contributed by atoms with E-state index in [9.17, 15) is 61.0 Å². The standard InChI is InChI=1S/C79H139NO18/c1-3-5-7-9-11-13-15-17-19-21-23-25-27-29-30-31-32-33-35-37-39-41-43-45-47-49-51-53-55-57-67(85)80-62(63(84)56-54-52-50-48-46-44-42-40-38-36-34-28-26-24-22-20-18-16-14-12-10-8-6-4-2)61-93-77-73(91)70(88)75(65(59-82)95-77)98-79-74(92)71(89)76(66(60-83)96-79)97-78-72(90)69(87)68(86)64(58-81)94-78/h5,7,11,13,17,19,23,25,29-30,46,48,54,56,62-66,68-79,81-84,86-92H,3-4,6,8-10,12,14-16,18,20-22,24,26-28,31-45,47,49-53,55,57-61H2,1-2H3,(H,80,85)/b7-5-,13-11-,19-17-,25-23-,30-29-,48-46+,56-54+. The molecule has 0 radical (unpaired) electrons. The largest absolute Gasteiger partial charge is 0.394 e. The zero-order chi connectivity index (χ0) is 71.1. The Morgan fingerprint density at radius 3 is 1.14 bits per heavy atom. The van der Waals surface area contributed by atoms with Crippen LogP contribution in [0.5, 0.6) is 0 Å². The number of hydrogen-bond acceptors (Lipinski definition) is 18. The molecule has 0 aromatic rings. The Balaban J connectivity index is 1.40. The second-order valence-corrected chi connectivity index (χ2v) is 27.4. The number of aliphatic hydroxyl groups is 11. The molecule has 3 heterocycles. The molecule has 98 heavy (non-hydrogen) atoms. The molecular weight excluding hydrogens is 1250 g/mol. The van der Waals surface area contributed by atoms with Gasteiger partial charge in [0.05, 0.1) is 38.6 Å². The first-order chi connectivity index (χ1) is 47.8. The van der Waals surface area contributed by atoms with Gasteiger partial charge in [-0.3, -0.25) is 4.79 Å². The number of carbonyl (C=O) groups is 1. The average Bonchev–Trinajstić information content (AvgIpc) is 0.784. The first-order valence-electron chi connectivity index (χ1n) is 38.8. The summed E-state index contributed by atoms with van der Waals surface area (Å²) in [6.07, 6.45) is 51.3. The number of ether oxygens (including phenoxy) is 6. The van der Waals surface area contributed by atoms with E-state index in [1.54, 1.807) is 6.08 Å². The molecule has 3 rings (SSSR count). The molecule has 0 spiro atoms. The molecule has 0 bridgehead atoms. The van der Waals surface area contributed by atoms with Crippen molar-refractivity contribution < 1.29 is 89.4 Å². The van der Waals surface area contributed by atoms with Gasteiger partial charge in [0.25, 0.3) is 0 Å². The fourth-order valence-electron chi connectivity index (χ4n) is 12.7. The smallest absolute Gasteiger partial charge is 0.220 e. The van der Waals surface area contributed by atoms with Gasteiger partial charge in [-0.2, -0.15) is 0 Å². The van der Waals surface area contributed by atoms with Crippen LogP contribution in [-0.2, 0) is 33.2 Å². The Kier molecular flexibility index (Phi) is 54.0. The van der Waals surface area contributed by atoms with Crippen molar-refractivity contribution in [1.29, 1.82) is 0 Å². The second-order valence-electron chi connectivity index (χ2n) is 27.4. The summed E-state index contributed by atoms with van der Waals surface area (Å²) in [6.45, 7) is 1.63. The predicted molar refractivity (Wildman–Crippen MR) is 388 cm³/mol. The maximum absolute atomic E-state index is 13.5. The highest BCUT2D eigenvalue weighted by Crippen LogP contribution is 2.33. The van der Waals surface area contributed by atoms with E-state index in [2.05, 4.69) is 92.1 Å². The second kappa shape index (κ2) is 59.4. The molecular formula is C79H139NO18. The minimum Gasteiger partial charge on any atom is -0.394 e. The molecule has 12 N–H and O–H groups in total. The summed E-state index contributed by atoms with van der Waals surface area (Å²) in [5.74, 6) is -0.287. The molecule has 0 aliphatic carbocycles. The van der Waals surface area contributed by atoms with Crippen molar-refractivity contribution in [2.45, 2.75) is 381 Å². The van der Waals surface area contributed by atoms with Gasteiger partial charge in [-0.25, -0.2) is 0 Å². The lowest BCUT2D eigenvalue weighted by molar-refractivity contribution is -0.379. The molecule has 0 aromatic heterocycles. The Hall–Kier alpha value is -3.03. The molecule has 19 nitrogen and oxygen atoms in total. The summed E-state index contributed by atoms with van der Waals surface area (Å²) in [5.41, 5.74) is 0. The molecule has 3 saturated heterocycles. The van der Waals surface area contributed by atoms with Crippen LogP contribution in [0.15, 0.2) is 85.1 Å². The van der Waals surface area contributed by atoms with Crippen LogP contribution in [0, 0.1) is 0 Å². The third-order valence-electron chi connectivity index (χ3n) is 18.9. The maximum Gasteiger partial charge on any atom is 0.220 e. The molecule has 17 unspecified atom stereocenters. The summed E-state index contributed by atoms with van der Waals surface area (Å²) < 4.78 is 34.4. The molecule has 19 heteroatoms. The number of nitrogens with one attached hydrogen (secondary N) is 1. The molecule has 0 aromatic carbocycles. The average molecular weight is 1390 g/mol. The number of carbonyl (C=O) groups excluding carboxylic acids is 1. The number of rotatable bonds is 60. The normalized spacial score (nSPS) is 27.2. The Morgan fingerprint density at radius 1 is 0.378 bits per heavy atom. The summed E-state index contributed by atoms with van der Waals surface area (Å²) in [5, 5.41) is 121. The van der Waals surface area contributed by atoms with Crippen LogP contribution < -0.4 is 5.32 Å². The third kappa shape index (κ3) is 39.6. The highest BCUT2D eigenvalue weighted by atomic mass is 16.8. The quantitative estimate of drug-likeness (QED) is 0.0199. The first-order valence-corrected chi connectivity index (χ1v) is 38.8. The van der Waals surface area contributed by atoms with Crippen LogP contribution in [-0.4, -0.2) is 193 Å². The van der Waals surface area contributed by atoms with Gasteiger partial charge < -0.3 is 89.9 Å². The zero-order valence-corrected chi connectivity index (χ0v) is 60.5. The maximum atomic E-state index is 13.5. The molecule has 0 saturated carbocycles. The van der Waals surface area contributed by atoms with Crippen LogP contribution in [0.1, 0.15) is 277 Å². The summed E-state index contributed by atoms with van der Waals surface area (Å²) in [4.78, 5) is 13.5. The Morgan fingerprint density at radius 2 is 0.714 bits per heavy atom.